The molecule has 44 heavy (non-hydrogen) atoms. The predicted octanol–water partition coefficient (Wildman–Crippen LogP) is 6.41. The lowest BCUT2D eigenvalue weighted by atomic mass is 9.93. The Morgan fingerprint density at radius 3 is 2.14 bits per heavy atom. The van der Waals surface area contributed by atoms with Crippen LogP contribution in [0.15, 0.2) is 90.3 Å². The first kappa shape index (κ1) is 32.8. The van der Waals surface area contributed by atoms with E-state index in [1.165, 1.54) is 23.5 Å². The Morgan fingerprint density at radius 1 is 0.909 bits per heavy atom. The highest BCUT2D eigenvalue weighted by Gasteiger charge is 2.27. The van der Waals surface area contributed by atoms with Gasteiger partial charge < -0.3 is 10.1 Å². The first-order chi connectivity index (χ1) is 20.8. The molecule has 0 saturated carbocycles. The Labute approximate surface area is 262 Å². The Balaban J connectivity index is 1.58. The van der Waals surface area contributed by atoms with Gasteiger partial charge in [-0.1, -0.05) is 72.8 Å². The van der Waals surface area contributed by atoms with Crippen LogP contribution in [0.25, 0.3) is 11.3 Å². The van der Waals surface area contributed by atoms with Crippen LogP contribution in [0, 0.1) is 5.92 Å². The van der Waals surface area contributed by atoms with Crippen molar-refractivity contribution >= 4 is 39.2 Å². The molecule has 0 fully saturated rings. The van der Waals surface area contributed by atoms with Crippen LogP contribution in [-0.4, -0.2) is 35.4 Å². The lowest BCUT2D eigenvalue weighted by molar-refractivity contribution is -0.155. The largest absolute Gasteiger partial charge is 0.460 e. The maximum atomic E-state index is 13.9. The minimum Gasteiger partial charge on any atom is -0.460 e. The summed E-state index contributed by atoms with van der Waals surface area (Å²) in [5.41, 5.74) is 3.15. The summed E-state index contributed by atoms with van der Waals surface area (Å²) >= 11 is 1.44. The predicted molar refractivity (Wildman–Crippen MR) is 172 cm³/mol. The van der Waals surface area contributed by atoms with Crippen LogP contribution < -0.4 is 10.0 Å². The summed E-state index contributed by atoms with van der Waals surface area (Å²) in [4.78, 5) is 31.3. The number of carbonyl (C=O) groups is 2. The molecule has 1 aromatic heterocycles. The molecule has 4 rings (SSSR count). The average molecular weight is 636 g/mol. The molecule has 2 atom stereocenters. The van der Waals surface area contributed by atoms with E-state index < -0.39 is 27.9 Å². The quantitative estimate of drug-likeness (QED) is 0.114. The van der Waals surface area contributed by atoms with E-state index in [1.54, 1.807) is 12.1 Å². The molecule has 0 saturated heterocycles. The van der Waals surface area contributed by atoms with Crippen LogP contribution in [0.2, 0.25) is 0 Å². The second-order valence-electron chi connectivity index (χ2n) is 11.5. The maximum Gasteiger partial charge on any atom is 0.357 e. The van der Waals surface area contributed by atoms with E-state index >= 15 is 0 Å². The van der Waals surface area contributed by atoms with Gasteiger partial charge in [0.1, 0.15) is 10.6 Å². The number of aromatic nitrogens is 1. The van der Waals surface area contributed by atoms with Crippen LogP contribution in [0.4, 0.5) is 5.69 Å². The Kier molecular flexibility index (Phi) is 10.9. The molecule has 0 aliphatic carbocycles. The number of rotatable bonds is 13. The third kappa shape index (κ3) is 10.6. The minimum absolute atomic E-state index is 0.102. The highest BCUT2D eigenvalue weighted by atomic mass is 32.2. The second-order valence-corrected chi connectivity index (χ2v) is 13.5. The minimum atomic E-state index is -4.40. The Morgan fingerprint density at radius 2 is 1.52 bits per heavy atom. The van der Waals surface area contributed by atoms with Crippen LogP contribution in [0.3, 0.4) is 0 Å². The van der Waals surface area contributed by atoms with Gasteiger partial charge in [0.2, 0.25) is 5.91 Å². The third-order valence-corrected chi connectivity index (χ3v) is 8.11. The third-order valence-electron chi connectivity index (χ3n) is 6.66. The summed E-state index contributed by atoms with van der Waals surface area (Å²) in [7, 11) is -4.40. The number of anilines is 1. The molecule has 232 valence electrons. The summed E-state index contributed by atoms with van der Waals surface area (Å²) < 4.78 is 39.0. The summed E-state index contributed by atoms with van der Waals surface area (Å²) in [6, 6.07) is 25.5. The van der Waals surface area contributed by atoms with E-state index in [0.717, 1.165) is 22.4 Å². The fourth-order valence-electron chi connectivity index (χ4n) is 4.68. The van der Waals surface area contributed by atoms with Crippen molar-refractivity contribution in [3.05, 3.63) is 106 Å². The van der Waals surface area contributed by atoms with Crippen molar-refractivity contribution < 1.29 is 27.3 Å². The zero-order chi connectivity index (χ0) is 31.7. The molecule has 0 unspecified atom stereocenters. The summed E-state index contributed by atoms with van der Waals surface area (Å²) in [5.74, 6) is -1.06. The van der Waals surface area contributed by atoms with Crippen molar-refractivity contribution in [3.8, 4) is 11.3 Å². The molecular formula is C33H37N3O6S2. The van der Waals surface area contributed by atoms with Gasteiger partial charge in [-0.05, 0) is 63.3 Å². The van der Waals surface area contributed by atoms with Gasteiger partial charge >= 0.3 is 16.3 Å². The number of carbonyl (C=O) groups excluding carboxylic acids is 2. The SMILES string of the molecule is CC(C)(C)OC(=O)CC[C@H](Cc1ccccc1)C(=O)N[C@@H](Cc1ccc(NS(=O)(=O)O)cc1)c1nc(-c2ccccc2)cs1. The Hall–Kier alpha value is -4.06. The maximum absolute atomic E-state index is 13.9. The van der Waals surface area contributed by atoms with E-state index in [2.05, 4.69) is 5.32 Å². The standard InChI is InChI=1S/C33H37N3O6S2/c1-33(2,3)42-30(37)19-16-26(20-23-10-6-4-7-11-23)31(38)34-28(21-24-14-17-27(18-15-24)36-44(39,40)41)32-35-29(22-43-32)25-12-8-5-9-13-25/h4-15,17-18,22,26,28,36H,16,19-21H2,1-3H3,(H,34,38)(H,39,40,41)/t26-,28+/m1/s1. The first-order valence-electron chi connectivity index (χ1n) is 14.3. The molecule has 1 amide bonds. The normalized spacial score (nSPS) is 13.1. The van der Waals surface area contributed by atoms with E-state index in [0.29, 0.717) is 24.3 Å². The van der Waals surface area contributed by atoms with Gasteiger partial charge in [-0.25, -0.2) is 4.98 Å². The molecule has 3 aromatic carbocycles. The van der Waals surface area contributed by atoms with Crippen molar-refractivity contribution in [1.29, 1.82) is 0 Å². The smallest absolute Gasteiger partial charge is 0.357 e. The van der Waals surface area contributed by atoms with Gasteiger partial charge in [-0.2, -0.15) is 8.42 Å². The van der Waals surface area contributed by atoms with Gasteiger partial charge in [-0.15, -0.1) is 11.3 Å². The van der Waals surface area contributed by atoms with Crippen LogP contribution in [0.1, 0.15) is 55.8 Å². The molecule has 0 radical (unpaired) electrons. The van der Waals surface area contributed by atoms with Crippen LogP contribution in [0.5, 0.6) is 0 Å². The molecule has 0 aliphatic heterocycles. The molecule has 0 aliphatic rings. The monoisotopic (exact) mass is 635 g/mol. The number of nitrogens with one attached hydrogen (secondary N) is 2. The van der Waals surface area contributed by atoms with Crippen molar-refractivity contribution in [2.45, 2.75) is 58.1 Å². The van der Waals surface area contributed by atoms with E-state index in [4.69, 9.17) is 14.3 Å². The molecule has 3 N–H and O–H groups in total. The highest BCUT2D eigenvalue weighted by Crippen LogP contribution is 2.29. The molecular weight excluding hydrogens is 599 g/mol. The zero-order valence-corrected chi connectivity index (χ0v) is 26.5. The number of benzene rings is 3. The molecule has 0 spiro atoms. The summed E-state index contributed by atoms with van der Waals surface area (Å²) in [6.07, 6.45) is 1.24. The fraction of sp³-hybridized carbons (Fsp3) is 0.303. The number of nitrogens with zero attached hydrogens (tertiary/aromatic N) is 1. The fourth-order valence-corrected chi connectivity index (χ4v) is 5.99. The summed E-state index contributed by atoms with van der Waals surface area (Å²) in [5, 5.41) is 5.86. The Bertz CT molecular complexity index is 1630. The highest BCUT2D eigenvalue weighted by molar-refractivity contribution is 7.87. The topological polar surface area (TPSA) is 135 Å². The van der Waals surface area contributed by atoms with Gasteiger partial charge in [0, 0.05) is 23.3 Å². The summed E-state index contributed by atoms with van der Waals surface area (Å²) in [6.45, 7) is 5.44. The number of thiazole rings is 1. The van der Waals surface area contributed by atoms with Gasteiger partial charge in [0.05, 0.1) is 17.4 Å². The van der Waals surface area contributed by atoms with Crippen molar-refractivity contribution in [2.75, 3.05) is 4.72 Å². The number of hydrogen-bond donors (Lipinski definition) is 3. The van der Waals surface area contributed by atoms with E-state index in [-0.39, 0.29) is 24.0 Å². The van der Waals surface area contributed by atoms with Crippen molar-refractivity contribution in [2.24, 2.45) is 5.92 Å². The van der Waals surface area contributed by atoms with E-state index in [1.807, 2.05) is 91.5 Å². The average Bonchev–Trinajstić information content (AvgIpc) is 3.46. The number of amides is 1. The van der Waals surface area contributed by atoms with Gasteiger partial charge in [0.15, 0.2) is 0 Å². The van der Waals surface area contributed by atoms with Crippen molar-refractivity contribution in [1.82, 2.24) is 10.3 Å². The molecule has 4 aromatic rings. The molecule has 9 nitrogen and oxygen atoms in total. The van der Waals surface area contributed by atoms with Crippen molar-refractivity contribution in [3.63, 3.8) is 0 Å². The second kappa shape index (κ2) is 14.6. The lowest BCUT2D eigenvalue weighted by Gasteiger charge is -2.23. The molecule has 1 heterocycles. The zero-order valence-electron chi connectivity index (χ0n) is 24.9. The number of ether oxygens (including phenoxy) is 1. The van der Waals surface area contributed by atoms with Crippen LogP contribution in [-0.2, 0) is 37.5 Å². The van der Waals surface area contributed by atoms with E-state index in [9.17, 15) is 18.0 Å². The number of esters is 1. The van der Waals surface area contributed by atoms with Gasteiger partial charge in [-0.3, -0.25) is 18.9 Å². The van der Waals surface area contributed by atoms with Gasteiger partial charge in [0.25, 0.3) is 0 Å². The lowest BCUT2D eigenvalue weighted by Crippen LogP contribution is -2.36. The van der Waals surface area contributed by atoms with Crippen LogP contribution >= 0.6 is 11.3 Å². The first-order valence-corrected chi connectivity index (χ1v) is 16.6. The number of hydrogen-bond acceptors (Lipinski definition) is 7. The molecule has 11 heteroatoms. The molecule has 0 bridgehead atoms.